The molecule has 2 aromatic rings. The zero-order chi connectivity index (χ0) is 20.5. The third kappa shape index (κ3) is 3.90. The molecule has 1 amide bonds. The lowest BCUT2D eigenvalue weighted by molar-refractivity contribution is 0.0938. The first-order chi connectivity index (χ1) is 13.2. The number of nitrogens with one attached hydrogen (secondary N) is 1. The molecule has 0 saturated heterocycles. The summed E-state index contributed by atoms with van der Waals surface area (Å²) in [6.45, 7) is 5.85. The Labute approximate surface area is 165 Å². The molecule has 0 aliphatic carbocycles. The van der Waals surface area contributed by atoms with Crippen LogP contribution in [0, 0.1) is 5.82 Å². The van der Waals surface area contributed by atoms with Gasteiger partial charge in [0.25, 0.3) is 15.9 Å². The fraction of sp³-hybridized carbons (Fsp3) is 0.381. The first-order valence-electron chi connectivity index (χ1n) is 9.47. The van der Waals surface area contributed by atoms with Gasteiger partial charge >= 0.3 is 0 Å². The third-order valence-electron chi connectivity index (χ3n) is 4.96. The Hall–Kier alpha value is -2.41. The average molecular weight is 405 g/mol. The number of benzene rings is 2. The molecule has 7 heteroatoms. The van der Waals surface area contributed by atoms with Crippen LogP contribution in [0.5, 0.6) is 0 Å². The first kappa shape index (κ1) is 20.3. The number of halogens is 1. The van der Waals surface area contributed by atoms with Gasteiger partial charge in [-0.3, -0.25) is 9.10 Å². The lowest BCUT2D eigenvalue weighted by atomic mass is 10.1. The fourth-order valence-electron chi connectivity index (χ4n) is 3.64. The predicted octanol–water partition coefficient (Wildman–Crippen LogP) is 3.88. The number of anilines is 1. The summed E-state index contributed by atoms with van der Waals surface area (Å²) in [6, 6.07) is 9.71. The predicted molar refractivity (Wildman–Crippen MR) is 108 cm³/mol. The zero-order valence-corrected chi connectivity index (χ0v) is 17.1. The number of sulfonamides is 1. The van der Waals surface area contributed by atoms with Crippen LogP contribution in [-0.2, 0) is 16.4 Å². The third-order valence-corrected chi connectivity index (χ3v) is 6.91. The summed E-state index contributed by atoms with van der Waals surface area (Å²) in [6.07, 6.45) is 2.40. The Morgan fingerprint density at radius 1 is 1.25 bits per heavy atom. The van der Waals surface area contributed by atoms with Crippen molar-refractivity contribution in [3.05, 3.63) is 59.4 Å². The highest BCUT2D eigenvalue weighted by Crippen LogP contribution is 2.37. The second-order valence-electron chi connectivity index (χ2n) is 7.31. The molecule has 2 atom stereocenters. The van der Waals surface area contributed by atoms with Crippen molar-refractivity contribution in [2.45, 2.75) is 57.0 Å². The van der Waals surface area contributed by atoms with Crippen molar-refractivity contribution in [3.8, 4) is 0 Å². The Morgan fingerprint density at radius 2 is 1.93 bits per heavy atom. The van der Waals surface area contributed by atoms with E-state index in [0.717, 1.165) is 30.5 Å². The van der Waals surface area contributed by atoms with E-state index in [0.29, 0.717) is 17.7 Å². The quantitative estimate of drug-likeness (QED) is 0.794. The van der Waals surface area contributed by atoms with Crippen molar-refractivity contribution in [2.24, 2.45) is 0 Å². The lowest BCUT2D eigenvalue weighted by Gasteiger charge is -2.24. The summed E-state index contributed by atoms with van der Waals surface area (Å²) in [5.41, 5.74) is 1.90. The topological polar surface area (TPSA) is 66.5 Å². The fourth-order valence-corrected chi connectivity index (χ4v) is 5.34. The van der Waals surface area contributed by atoms with Gasteiger partial charge in [0.2, 0.25) is 0 Å². The number of carbonyl (C=O) groups excluding carboxylic acids is 1. The standard InChI is InChI=1S/C21H25FN2O3S/c1-4-5-14(2)23-21(25)16-6-11-20-17(13-16)12-15(3)24(20)28(26,27)19-9-7-18(22)8-10-19/h6-11,13-15H,4-5,12H2,1-3H3,(H,23,25)/t14-,15+/m1/s1. The van der Waals surface area contributed by atoms with Crippen LogP contribution in [0.4, 0.5) is 10.1 Å². The number of hydrogen-bond donors (Lipinski definition) is 1. The second kappa shape index (κ2) is 7.91. The smallest absolute Gasteiger partial charge is 0.264 e. The second-order valence-corrected chi connectivity index (χ2v) is 9.13. The summed E-state index contributed by atoms with van der Waals surface area (Å²) >= 11 is 0. The SMILES string of the molecule is CCC[C@@H](C)NC(=O)c1ccc2c(c1)C[C@H](C)N2S(=O)(=O)c1ccc(F)cc1. The Bertz CT molecular complexity index is 974. The normalized spacial score (nSPS) is 17.3. The van der Waals surface area contributed by atoms with Gasteiger partial charge in [-0.25, -0.2) is 12.8 Å². The minimum absolute atomic E-state index is 0.0452. The molecule has 0 radical (unpaired) electrons. The van der Waals surface area contributed by atoms with Crippen LogP contribution in [0.15, 0.2) is 47.4 Å². The number of rotatable bonds is 6. The van der Waals surface area contributed by atoms with E-state index in [1.807, 2.05) is 13.8 Å². The van der Waals surface area contributed by atoms with Gasteiger partial charge in [-0.05, 0) is 74.7 Å². The van der Waals surface area contributed by atoms with Crippen LogP contribution in [-0.4, -0.2) is 26.4 Å². The number of amides is 1. The molecule has 1 heterocycles. The molecule has 0 fully saturated rings. The Balaban J connectivity index is 1.90. The van der Waals surface area contributed by atoms with Gasteiger partial charge in [-0.1, -0.05) is 13.3 Å². The zero-order valence-electron chi connectivity index (χ0n) is 16.3. The molecular formula is C21H25FN2O3S. The van der Waals surface area contributed by atoms with Crippen molar-refractivity contribution >= 4 is 21.6 Å². The first-order valence-corrected chi connectivity index (χ1v) is 10.9. The molecule has 1 N–H and O–H groups in total. The molecule has 28 heavy (non-hydrogen) atoms. The van der Waals surface area contributed by atoms with E-state index in [2.05, 4.69) is 12.2 Å². The van der Waals surface area contributed by atoms with Crippen molar-refractivity contribution in [1.82, 2.24) is 5.32 Å². The molecule has 0 bridgehead atoms. The number of hydrogen-bond acceptors (Lipinski definition) is 3. The average Bonchev–Trinajstić information content (AvgIpc) is 2.97. The minimum atomic E-state index is -3.81. The number of carbonyl (C=O) groups is 1. The van der Waals surface area contributed by atoms with E-state index in [1.165, 1.54) is 16.4 Å². The van der Waals surface area contributed by atoms with Gasteiger partial charge in [0, 0.05) is 17.6 Å². The van der Waals surface area contributed by atoms with E-state index in [1.54, 1.807) is 18.2 Å². The van der Waals surface area contributed by atoms with Crippen LogP contribution >= 0.6 is 0 Å². The molecule has 1 aliphatic rings. The summed E-state index contributed by atoms with van der Waals surface area (Å²) in [4.78, 5) is 12.5. The number of fused-ring (bicyclic) bond motifs is 1. The van der Waals surface area contributed by atoms with Gasteiger partial charge < -0.3 is 5.32 Å². The molecule has 3 rings (SSSR count). The molecular weight excluding hydrogens is 379 g/mol. The Morgan fingerprint density at radius 3 is 2.57 bits per heavy atom. The largest absolute Gasteiger partial charge is 0.350 e. The maximum atomic E-state index is 13.2. The minimum Gasteiger partial charge on any atom is -0.350 e. The van der Waals surface area contributed by atoms with Gasteiger partial charge in [-0.15, -0.1) is 0 Å². The monoisotopic (exact) mass is 404 g/mol. The molecule has 1 aliphatic heterocycles. The van der Waals surface area contributed by atoms with Crippen molar-refractivity contribution < 1.29 is 17.6 Å². The van der Waals surface area contributed by atoms with E-state index in [-0.39, 0.29) is 22.9 Å². The summed E-state index contributed by atoms with van der Waals surface area (Å²) < 4.78 is 40.7. The summed E-state index contributed by atoms with van der Waals surface area (Å²) in [5.74, 6) is -0.641. The molecule has 0 saturated carbocycles. The molecule has 0 spiro atoms. The van der Waals surface area contributed by atoms with Crippen LogP contribution < -0.4 is 9.62 Å². The van der Waals surface area contributed by atoms with Crippen LogP contribution in [0.2, 0.25) is 0 Å². The molecule has 0 aromatic heterocycles. The van der Waals surface area contributed by atoms with Gasteiger partial charge in [0.15, 0.2) is 0 Å². The molecule has 150 valence electrons. The van der Waals surface area contributed by atoms with Crippen LogP contribution in [0.3, 0.4) is 0 Å². The molecule has 5 nitrogen and oxygen atoms in total. The molecule has 2 aromatic carbocycles. The maximum Gasteiger partial charge on any atom is 0.264 e. The van der Waals surface area contributed by atoms with E-state index < -0.39 is 15.8 Å². The molecule has 0 unspecified atom stereocenters. The summed E-state index contributed by atoms with van der Waals surface area (Å²) in [7, 11) is -3.81. The van der Waals surface area contributed by atoms with E-state index >= 15 is 0 Å². The van der Waals surface area contributed by atoms with Crippen LogP contribution in [0.25, 0.3) is 0 Å². The van der Waals surface area contributed by atoms with Crippen molar-refractivity contribution in [3.63, 3.8) is 0 Å². The van der Waals surface area contributed by atoms with Crippen molar-refractivity contribution in [1.29, 1.82) is 0 Å². The maximum absolute atomic E-state index is 13.2. The van der Waals surface area contributed by atoms with Gasteiger partial charge in [-0.2, -0.15) is 0 Å². The van der Waals surface area contributed by atoms with Crippen molar-refractivity contribution in [2.75, 3.05) is 4.31 Å². The van der Waals surface area contributed by atoms with E-state index in [9.17, 15) is 17.6 Å². The lowest BCUT2D eigenvalue weighted by Crippen LogP contribution is -2.35. The summed E-state index contributed by atoms with van der Waals surface area (Å²) in [5, 5.41) is 2.97. The van der Waals surface area contributed by atoms with Gasteiger partial charge in [0.05, 0.1) is 10.6 Å². The number of nitrogens with zero attached hydrogens (tertiary/aromatic N) is 1. The van der Waals surface area contributed by atoms with E-state index in [4.69, 9.17) is 0 Å². The van der Waals surface area contributed by atoms with Gasteiger partial charge in [0.1, 0.15) is 5.82 Å². The highest BCUT2D eigenvalue weighted by Gasteiger charge is 2.36. The van der Waals surface area contributed by atoms with Crippen LogP contribution in [0.1, 0.15) is 49.5 Å². The highest BCUT2D eigenvalue weighted by molar-refractivity contribution is 7.92. The Kier molecular flexibility index (Phi) is 5.74. The highest BCUT2D eigenvalue weighted by atomic mass is 32.2.